The van der Waals surface area contributed by atoms with Crippen molar-refractivity contribution < 1.29 is 47.7 Å². The zero-order chi connectivity index (χ0) is 65.3. The van der Waals surface area contributed by atoms with Gasteiger partial charge >= 0.3 is 0 Å². The van der Waals surface area contributed by atoms with Crippen LogP contribution in [0, 0.1) is 11.8 Å². The number of nitrogens with one attached hydrogen (secondary N) is 3. The number of methoxy groups -OCH3 is 2. The minimum Gasteiger partial charge on any atom is -0.493 e. The number of hydrogen-bond donors (Lipinski definition) is 3. The molecule has 0 bridgehead atoms. The van der Waals surface area contributed by atoms with E-state index < -0.39 is 29.8 Å². The lowest BCUT2D eigenvalue weighted by Gasteiger charge is -2.34. The third kappa shape index (κ3) is 14.9. The Balaban J connectivity index is 0.618. The molecular formula is C73H82N10O10. The Morgan fingerprint density at radius 1 is 0.656 bits per heavy atom. The lowest BCUT2D eigenvalue weighted by atomic mass is 9.95. The zero-order valence-electron chi connectivity index (χ0n) is 53.8. The van der Waals surface area contributed by atoms with Gasteiger partial charge in [-0.25, -0.2) is 0 Å². The van der Waals surface area contributed by atoms with Gasteiger partial charge in [-0.15, -0.1) is 0 Å². The van der Waals surface area contributed by atoms with Crippen LogP contribution < -0.4 is 39.8 Å². The molecule has 3 N–H and O–H groups in total. The van der Waals surface area contributed by atoms with Crippen molar-refractivity contribution in [3.05, 3.63) is 162 Å². The lowest BCUT2D eigenvalue weighted by molar-refractivity contribution is -0.139. The summed E-state index contributed by atoms with van der Waals surface area (Å²) >= 11 is 0. The smallest absolute Gasteiger partial charge is 0.260 e. The number of amides is 6. The van der Waals surface area contributed by atoms with E-state index in [0.29, 0.717) is 97.4 Å². The average Bonchev–Trinajstić information content (AvgIpc) is 1.68. The predicted molar refractivity (Wildman–Crippen MR) is 362 cm³/mol. The maximum Gasteiger partial charge on any atom is 0.260 e. The fourth-order valence-electron chi connectivity index (χ4n) is 12.5. The van der Waals surface area contributed by atoms with Crippen LogP contribution in [0.5, 0.6) is 23.0 Å². The summed E-state index contributed by atoms with van der Waals surface area (Å²) in [4.78, 5) is 99.6. The number of unbranched alkanes of at least 4 members (excludes halogenated alkanes) is 2. The Bertz CT molecular complexity index is 3800. The zero-order valence-corrected chi connectivity index (χ0v) is 53.8. The number of imide groups is 1. The van der Waals surface area contributed by atoms with Crippen molar-refractivity contribution in [1.82, 2.24) is 30.2 Å². The first-order valence-corrected chi connectivity index (χ1v) is 32.1. The number of allylic oxidation sites excluding steroid dienone is 7. The third-order valence-corrected chi connectivity index (χ3v) is 18.0. The number of carbonyl (C=O) groups is 6. The van der Waals surface area contributed by atoms with Gasteiger partial charge in [-0.1, -0.05) is 93.6 Å². The van der Waals surface area contributed by atoms with Gasteiger partial charge in [0.25, 0.3) is 5.91 Å². The first-order chi connectivity index (χ1) is 45.0. The maximum atomic E-state index is 14.1. The SMILES string of the molecule is C=C1c2cc(OC)c(OCCCOc3cc4c(cc3OC)C(=O)N3C=C(c5ccc(N6CCN(C)CC6)cc5)C[C@H]3C=N4)cc2N=C[C@@H]2CC(c3ccc(NC(=O)[C@H](C)NC(=O)C(NC(=O)CCCCCN4C(=O)CC(C5=C/C=C\C=C/C=C5)C4=O)C(C)C)cc3)=CN12. The van der Waals surface area contributed by atoms with Crippen molar-refractivity contribution in [1.29, 1.82) is 0 Å². The summed E-state index contributed by atoms with van der Waals surface area (Å²) < 4.78 is 24.1. The lowest BCUT2D eigenvalue weighted by Crippen LogP contribution is -2.53. The number of aliphatic imine (C=N–C) groups is 2. The van der Waals surface area contributed by atoms with Crippen molar-refractivity contribution in [2.45, 2.75) is 96.3 Å². The normalized spacial score (nSPS) is 20.4. The molecule has 20 heteroatoms. The molecule has 2 fully saturated rings. The summed E-state index contributed by atoms with van der Waals surface area (Å²) in [6.07, 6.45) is 24.7. The Morgan fingerprint density at radius 2 is 1.26 bits per heavy atom. The topological polar surface area (TPSA) is 216 Å². The molecule has 11 rings (SSSR count). The maximum absolute atomic E-state index is 14.1. The summed E-state index contributed by atoms with van der Waals surface area (Å²) in [6.45, 7) is 14.7. The quantitative estimate of drug-likeness (QED) is 0.0440. The molecule has 2 unspecified atom stereocenters. The molecule has 484 valence electrons. The van der Waals surface area contributed by atoms with Crippen LogP contribution in [0.4, 0.5) is 22.7 Å². The van der Waals surface area contributed by atoms with Crippen LogP contribution in [0.15, 0.2) is 150 Å². The van der Waals surface area contributed by atoms with Crippen LogP contribution in [0.25, 0.3) is 16.8 Å². The van der Waals surface area contributed by atoms with E-state index in [0.717, 1.165) is 65.3 Å². The monoisotopic (exact) mass is 1260 g/mol. The van der Waals surface area contributed by atoms with Gasteiger partial charge in [-0.05, 0) is 97.0 Å². The van der Waals surface area contributed by atoms with Crippen molar-refractivity contribution in [3.63, 3.8) is 0 Å². The number of anilines is 2. The Morgan fingerprint density at radius 3 is 1.91 bits per heavy atom. The van der Waals surface area contributed by atoms with Gasteiger partial charge in [-0.2, -0.15) is 0 Å². The number of nitrogens with zero attached hydrogens (tertiary/aromatic N) is 7. The minimum atomic E-state index is -0.909. The fraction of sp³-hybridized carbons (Fsp3) is 0.370. The van der Waals surface area contributed by atoms with Gasteiger partial charge in [-0.3, -0.25) is 43.7 Å². The highest BCUT2D eigenvalue weighted by Crippen LogP contribution is 2.45. The van der Waals surface area contributed by atoms with Crippen LogP contribution >= 0.6 is 0 Å². The van der Waals surface area contributed by atoms with Crippen molar-refractivity contribution in [2.75, 3.05) is 77.4 Å². The van der Waals surface area contributed by atoms with Crippen LogP contribution in [-0.2, 0) is 24.0 Å². The molecule has 1 aliphatic carbocycles. The van der Waals surface area contributed by atoms with Gasteiger partial charge in [0.2, 0.25) is 29.5 Å². The van der Waals surface area contributed by atoms with Gasteiger partial charge in [0, 0.05) is 124 Å². The molecule has 0 spiro atoms. The van der Waals surface area contributed by atoms with Gasteiger partial charge in [0.05, 0.1) is 62.4 Å². The summed E-state index contributed by atoms with van der Waals surface area (Å²) in [5.41, 5.74) is 9.95. The molecule has 6 aliphatic heterocycles. The number of benzene rings is 4. The molecule has 4 aromatic rings. The van der Waals surface area contributed by atoms with E-state index in [-0.39, 0.29) is 61.0 Å². The van der Waals surface area contributed by atoms with E-state index in [1.165, 1.54) is 10.6 Å². The highest BCUT2D eigenvalue weighted by Gasteiger charge is 2.40. The van der Waals surface area contributed by atoms with E-state index in [1.807, 2.05) is 111 Å². The van der Waals surface area contributed by atoms with E-state index in [1.54, 1.807) is 38.2 Å². The average molecular weight is 1260 g/mol. The summed E-state index contributed by atoms with van der Waals surface area (Å²) in [6, 6.07) is 21.3. The van der Waals surface area contributed by atoms with Gasteiger partial charge in [0.1, 0.15) is 12.1 Å². The number of hydrogen-bond acceptors (Lipinski definition) is 15. The highest BCUT2D eigenvalue weighted by molar-refractivity contribution is 6.06. The second-order valence-electron chi connectivity index (χ2n) is 24.7. The van der Waals surface area contributed by atoms with Crippen LogP contribution in [0.2, 0.25) is 0 Å². The summed E-state index contributed by atoms with van der Waals surface area (Å²) in [5, 5.41) is 8.51. The molecule has 6 amide bonds. The van der Waals surface area contributed by atoms with E-state index in [2.05, 4.69) is 74.7 Å². The molecule has 5 atom stereocenters. The first kappa shape index (κ1) is 64.7. The van der Waals surface area contributed by atoms with E-state index >= 15 is 0 Å². The second kappa shape index (κ2) is 29.2. The van der Waals surface area contributed by atoms with Crippen LogP contribution in [0.1, 0.15) is 99.2 Å². The number of piperazine rings is 1. The number of ether oxygens (including phenoxy) is 4. The Kier molecular flexibility index (Phi) is 20.3. The number of carbonyl (C=O) groups excluding carboxylic acids is 6. The summed E-state index contributed by atoms with van der Waals surface area (Å²) in [5.74, 6) is -0.533. The number of fused-ring (bicyclic) bond motifs is 4. The molecule has 93 heavy (non-hydrogen) atoms. The van der Waals surface area contributed by atoms with Crippen molar-refractivity contribution in [3.8, 4) is 23.0 Å². The molecular weight excluding hydrogens is 1180 g/mol. The van der Waals surface area contributed by atoms with Crippen LogP contribution in [-0.4, -0.2) is 159 Å². The summed E-state index contributed by atoms with van der Waals surface area (Å²) in [7, 11) is 5.31. The van der Waals surface area contributed by atoms with Gasteiger partial charge < -0.3 is 54.5 Å². The fourth-order valence-corrected chi connectivity index (χ4v) is 12.5. The Hall–Kier alpha value is -9.82. The number of rotatable bonds is 24. The Labute approximate surface area is 543 Å². The molecule has 7 aliphatic rings. The highest BCUT2D eigenvalue weighted by atomic mass is 16.5. The van der Waals surface area contributed by atoms with Gasteiger partial charge in [0.15, 0.2) is 23.0 Å². The number of likely N-dealkylation sites (N-methyl/N-ethyl adjacent to an activating group) is 1. The molecule has 0 radical (unpaired) electrons. The predicted octanol–water partition coefficient (Wildman–Crippen LogP) is 10.2. The van der Waals surface area contributed by atoms with Crippen molar-refractivity contribution >= 4 is 87.5 Å². The largest absolute Gasteiger partial charge is 0.493 e. The minimum absolute atomic E-state index is 0.111. The second-order valence-corrected chi connectivity index (χ2v) is 24.7. The molecule has 4 aromatic carbocycles. The molecule has 6 heterocycles. The standard InChI is InChI=1S/C73H82N10O10/c1-46(2)69(78-67(84)19-14-11-15-28-81-68(85)39-59(72(81)88)51-17-12-9-8-10-13-18-51)71(87)76-47(3)70(86)77-54-24-20-49(21-25-54)52-35-56-42-74-61-40-65(63(90-6)37-58(61)48(4)82(56)44-52)92-33-16-34-93-66-41-62-60(38-64(66)91-7)73(89)83-45-53(36-57(83)43-75-62)50-22-26-55(27-23-50)80-31-29-79(5)30-32-80/h8-10,12-13,17-18,20-27,37-38,40-47,56-57,59,69H,4,11,14-16,19,28-36,39H2,1-3,5-7H3,(H,76,87)(H,77,86)(H,78,84)/b9-8-,10-8?,12-9?,13-10-,17-12?,18-13?,51-17?,51-18?/t47-,56-,57-,59?,69?/m0/s1. The molecule has 0 saturated carbocycles. The van der Waals surface area contributed by atoms with Crippen LogP contribution in [0.3, 0.4) is 0 Å². The number of likely N-dealkylation sites (tertiary alicyclic amines) is 1. The van der Waals surface area contributed by atoms with E-state index in [9.17, 15) is 28.8 Å². The van der Waals surface area contributed by atoms with E-state index in [4.69, 9.17) is 28.9 Å². The third-order valence-electron chi connectivity index (χ3n) is 18.0. The van der Waals surface area contributed by atoms with Crippen molar-refractivity contribution in [2.24, 2.45) is 21.8 Å². The molecule has 2 saturated heterocycles. The first-order valence-electron chi connectivity index (χ1n) is 32.1. The molecule has 0 aromatic heterocycles. The molecule has 20 nitrogen and oxygen atoms in total.